The normalized spacial score (nSPS) is 20.0. The molecule has 164 valence electrons. The molecule has 1 atom stereocenters. The van der Waals surface area contributed by atoms with Gasteiger partial charge in [-0.15, -0.1) is 0 Å². The third-order valence-corrected chi connectivity index (χ3v) is 6.31. The van der Waals surface area contributed by atoms with Gasteiger partial charge in [0.25, 0.3) is 0 Å². The second-order valence-corrected chi connectivity index (χ2v) is 8.32. The van der Waals surface area contributed by atoms with Gasteiger partial charge in [0.15, 0.2) is 16.7 Å². The Balaban J connectivity index is 1.79. The Morgan fingerprint density at radius 1 is 1.23 bits per heavy atom. The molecular formula is C22H25N3O5S. The number of ether oxygens (including phenoxy) is 3. The molecule has 1 aromatic rings. The van der Waals surface area contributed by atoms with E-state index in [2.05, 4.69) is 10.3 Å². The van der Waals surface area contributed by atoms with Crippen molar-refractivity contribution < 1.29 is 23.8 Å². The molecule has 4 rings (SSSR count). The summed E-state index contributed by atoms with van der Waals surface area (Å²) < 4.78 is 16.2. The Kier molecular flexibility index (Phi) is 5.95. The van der Waals surface area contributed by atoms with E-state index >= 15 is 0 Å². The predicted octanol–water partition coefficient (Wildman–Crippen LogP) is 3.12. The number of nitrogens with one attached hydrogen (secondary N) is 1. The van der Waals surface area contributed by atoms with Gasteiger partial charge in [-0.1, -0.05) is 23.9 Å². The number of amides is 1. The molecule has 0 aromatic heterocycles. The molecule has 8 nitrogen and oxygen atoms in total. The summed E-state index contributed by atoms with van der Waals surface area (Å²) >= 11 is 1.43. The predicted molar refractivity (Wildman–Crippen MR) is 118 cm³/mol. The fourth-order valence-electron chi connectivity index (χ4n) is 3.83. The highest BCUT2D eigenvalue weighted by atomic mass is 32.2. The second kappa shape index (κ2) is 8.66. The van der Waals surface area contributed by atoms with E-state index in [1.165, 1.54) is 18.9 Å². The van der Waals surface area contributed by atoms with Crippen molar-refractivity contribution in [1.29, 1.82) is 0 Å². The lowest BCUT2D eigenvalue weighted by Crippen LogP contribution is -2.38. The van der Waals surface area contributed by atoms with Gasteiger partial charge in [0.1, 0.15) is 0 Å². The van der Waals surface area contributed by atoms with Crippen molar-refractivity contribution in [3.8, 4) is 11.5 Å². The van der Waals surface area contributed by atoms with Crippen LogP contribution in [0.5, 0.6) is 11.5 Å². The van der Waals surface area contributed by atoms with Crippen molar-refractivity contribution in [2.45, 2.75) is 38.3 Å². The van der Waals surface area contributed by atoms with E-state index in [0.29, 0.717) is 27.9 Å². The van der Waals surface area contributed by atoms with E-state index in [-0.39, 0.29) is 18.4 Å². The van der Waals surface area contributed by atoms with E-state index in [1.54, 1.807) is 27.2 Å². The lowest BCUT2D eigenvalue weighted by Gasteiger charge is -2.36. The number of hydrogen-bond donors (Lipinski definition) is 1. The molecular weight excluding hydrogens is 418 g/mol. The fourth-order valence-corrected chi connectivity index (χ4v) is 4.80. The van der Waals surface area contributed by atoms with E-state index in [4.69, 9.17) is 14.2 Å². The minimum Gasteiger partial charge on any atom is -0.493 e. The van der Waals surface area contributed by atoms with Crippen LogP contribution in [0.4, 0.5) is 0 Å². The van der Waals surface area contributed by atoms with Gasteiger partial charge < -0.3 is 24.4 Å². The number of fused-ring (bicyclic) bond motifs is 1. The molecule has 1 N–H and O–H groups in total. The zero-order chi connectivity index (χ0) is 22.1. The average Bonchev–Trinajstić information content (AvgIpc) is 3.50. The van der Waals surface area contributed by atoms with Gasteiger partial charge >= 0.3 is 5.97 Å². The lowest BCUT2D eigenvalue weighted by molar-refractivity contribution is -0.136. The van der Waals surface area contributed by atoms with Crippen LogP contribution in [0.15, 0.2) is 45.6 Å². The molecule has 2 heterocycles. The van der Waals surface area contributed by atoms with Crippen LogP contribution < -0.4 is 14.8 Å². The standard InChI is InChI=1S/C22H25N3O5S/c1-12-18(21(27)30-4)19(15-6-5-7-16(28-2)20(15)29-3)25-14(11-31-22(25)23-12)10-17(26)24-13-8-9-13/h5-7,11,13,19H,8-10H2,1-4H3,(H,24,26)/t19-/m1/s1. The summed E-state index contributed by atoms with van der Waals surface area (Å²) in [5.41, 5.74) is 2.46. The number of carbonyl (C=O) groups excluding carboxylic acids is 2. The van der Waals surface area contributed by atoms with Crippen LogP contribution in [-0.2, 0) is 14.3 Å². The number of esters is 1. The number of allylic oxidation sites excluding steroid dienone is 1. The number of amidine groups is 1. The molecule has 31 heavy (non-hydrogen) atoms. The summed E-state index contributed by atoms with van der Waals surface area (Å²) in [5, 5.41) is 5.64. The number of aliphatic imine (C=N–C) groups is 1. The van der Waals surface area contributed by atoms with Gasteiger partial charge in [0.05, 0.1) is 45.1 Å². The maximum Gasteiger partial charge on any atom is 0.338 e. The molecule has 1 aromatic carbocycles. The summed E-state index contributed by atoms with van der Waals surface area (Å²) in [6, 6.07) is 5.24. The van der Waals surface area contributed by atoms with Crippen LogP contribution in [-0.4, -0.2) is 49.3 Å². The van der Waals surface area contributed by atoms with Crippen LogP contribution in [0.2, 0.25) is 0 Å². The van der Waals surface area contributed by atoms with Crippen molar-refractivity contribution in [1.82, 2.24) is 10.2 Å². The molecule has 0 bridgehead atoms. The van der Waals surface area contributed by atoms with Gasteiger partial charge in [-0.3, -0.25) is 4.79 Å². The van der Waals surface area contributed by atoms with E-state index in [1.807, 2.05) is 22.4 Å². The molecule has 0 unspecified atom stereocenters. The number of carbonyl (C=O) groups is 2. The SMILES string of the molecule is COC(=O)C1=C(C)N=C2SC=C(CC(=O)NC3CC3)N2[C@@H]1c1cccc(OC)c1OC. The summed E-state index contributed by atoms with van der Waals surface area (Å²) in [6.45, 7) is 1.79. The Hall–Kier alpha value is -2.94. The Morgan fingerprint density at radius 2 is 2.00 bits per heavy atom. The maximum atomic E-state index is 12.8. The van der Waals surface area contributed by atoms with E-state index in [0.717, 1.165) is 24.1 Å². The number of benzene rings is 1. The Bertz CT molecular complexity index is 1010. The zero-order valence-electron chi connectivity index (χ0n) is 17.9. The Labute approximate surface area is 185 Å². The quantitative estimate of drug-likeness (QED) is 0.648. The lowest BCUT2D eigenvalue weighted by atomic mass is 9.92. The van der Waals surface area contributed by atoms with Gasteiger partial charge in [0.2, 0.25) is 5.91 Å². The number of rotatable bonds is 7. The highest BCUT2D eigenvalue weighted by Gasteiger charge is 2.42. The molecule has 0 saturated heterocycles. The molecule has 9 heteroatoms. The molecule has 1 amide bonds. The average molecular weight is 444 g/mol. The van der Waals surface area contributed by atoms with E-state index < -0.39 is 12.0 Å². The summed E-state index contributed by atoms with van der Waals surface area (Å²) in [5.74, 6) is 0.547. The minimum atomic E-state index is -0.569. The third-order valence-electron chi connectivity index (χ3n) is 5.42. The smallest absolute Gasteiger partial charge is 0.338 e. The first-order valence-corrected chi connectivity index (χ1v) is 10.9. The minimum absolute atomic E-state index is 0.0437. The van der Waals surface area contributed by atoms with Gasteiger partial charge in [-0.2, -0.15) is 0 Å². The molecule has 0 spiro atoms. The van der Waals surface area contributed by atoms with Gasteiger partial charge in [-0.05, 0) is 31.2 Å². The van der Waals surface area contributed by atoms with Crippen LogP contribution >= 0.6 is 11.8 Å². The summed E-state index contributed by atoms with van der Waals surface area (Å²) in [6.07, 6.45) is 2.24. The second-order valence-electron chi connectivity index (χ2n) is 7.49. The van der Waals surface area contributed by atoms with E-state index in [9.17, 15) is 9.59 Å². The molecule has 1 fully saturated rings. The number of hydrogen-bond acceptors (Lipinski definition) is 8. The molecule has 0 radical (unpaired) electrons. The van der Waals surface area contributed by atoms with Gasteiger partial charge in [-0.25, -0.2) is 9.79 Å². The van der Waals surface area contributed by atoms with Crippen LogP contribution in [0, 0.1) is 0 Å². The van der Waals surface area contributed by atoms with Crippen molar-refractivity contribution in [2.75, 3.05) is 21.3 Å². The molecule has 1 saturated carbocycles. The highest BCUT2D eigenvalue weighted by molar-refractivity contribution is 8.16. The maximum absolute atomic E-state index is 12.8. The van der Waals surface area contributed by atoms with Crippen molar-refractivity contribution >= 4 is 28.8 Å². The van der Waals surface area contributed by atoms with Crippen LogP contribution in [0.25, 0.3) is 0 Å². The van der Waals surface area contributed by atoms with Crippen molar-refractivity contribution in [3.63, 3.8) is 0 Å². The summed E-state index contributed by atoms with van der Waals surface area (Å²) in [4.78, 5) is 31.9. The Morgan fingerprint density at radius 3 is 2.65 bits per heavy atom. The molecule has 1 aliphatic carbocycles. The fraction of sp³-hybridized carbons (Fsp3) is 0.409. The summed E-state index contributed by atoms with van der Waals surface area (Å²) in [7, 11) is 4.48. The van der Waals surface area contributed by atoms with Crippen molar-refractivity contribution in [3.05, 3.63) is 46.1 Å². The van der Waals surface area contributed by atoms with Gasteiger partial charge in [0, 0.05) is 17.3 Å². The first-order chi connectivity index (χ1) is 15.0. The highest BCUT2D eigenvalue weighted by Crippen LogP contribution is 2.48. The van der Waals surface area contributed by atoms with Crippen LogP contribution in [0.1, 0.15) is 37.8 Å². The molecule has 2 aliphatic heterocycles. The number of para-hydroxylation sites is 1. The topological polar surface area (TPSA) is 89.5 Å². The van der Waals surface area contributed by atoms with Crippen molar-refractivity contribution in [2.24, 2.45) is 4.99 Å². The zero-order valence-corrected chi connectivity index (χ0v) is 18.7. The number of thioether (sulfide) groups is 1. The van der Waals surface area contributed by atoms with Crippen LogP contribution in [0.3, 0.4) is 0 Å². The number of methoxy groups -OCH3 is 3. The number of nitrogens with zero attached hydrogens (tertiary/aromatic N) is 2. The first kappa shape index (κ1) is 21.3. The third kappa shape index (κ3) is 4.01. The largest absolute Gasteiger partial charge is 0.493 e. The first-order valence-electron chi connectivity index (χ1n) is 10.0. The monoisotopic (exact) mass is 443 g/mol. The molecule has 3 aliphatic rings.